The average Bonchev–Trinajstić information content (AvgIpc) is 2.90. The summed E-state index contributed by atoms with van der Waals surface area (Å²) in [6.45, 7) is 3.65. The molecule has 3 aromatic rings. The van der Waals surface area contributed by atoms with Crippen molar-refractivity contribution in [1.29, 1.82) is 0 Å². The molecule has 0 fully saturated rings. The molecule has 0 atom stereocenters. The summed E-state index contributed by atoms with van der Waals surface area (Å²) in [5, 5.41) is 9.42. The van der Waals surface area contributed by atoms with Crippen LogP contribution in [0.5, 0.6) is 11.5 Å². The smallest absolute Gasteiger partial charge is 0.329 e. The lowest BCUT2D eigenvalue weighted by Gasteiger charge is -2.09. The molecule has 3 rings (SSSR count). The molecule has 3 aromatic carbocycles. The lowest BCUT2D eigenvalue weighted by Crippen LogP contribution is -2.32. The molecule has 0 aliphatic carbocycles. The number of amides is 3. The SMILES string of the molecule is C=CCOc1ccc(NC(=O)C(=O)N/N=C\c2cccc(OCC(=O)Nc3cccc(Cl)c3Cl)c2)cc1. The van der Waals surface area contributed by atoms with E-state index in [0.29, 0.717) is 40.1 Å². The van der Waals surface area contributed by atoms with Gasteiger partial charge >= 0.3 is 11.8 Å². The number of nitrogens with zero attached hydrogens (tertiary/aromatic N) is 1. The first-order valence-electron chi connectivity index (χ1n) is 10.8. The van der Waals surface area contributed by atoms with Crippen LogP contribution in [-0.4, -0.2) is 37.1 Å². The van der Waals surface area contributed by atoms with Crippen LogP contribution in [0.1, 0.15) is 5.56 Å². The van der Waals surface area contributed by atoms with Crippen molar-refractivity contribution in [1.82, 2.24) is 5.43 Å². The molecule has 0 spiro atoms. The largest absolute Gasteiger partial charge is 0.490 e. The van der Waals surface area contributed by atoms with Gasteiger partial charge in [-0.05, 0) is 54.1 Å². The molecule has 37 heavy (non-hydrogen) atoms. The molecule has 0 bridgehead atoms. The zero-order valence-corrected chi connectivity index (χ0v) is 20.9. The second-order valence-corrected chi connectivity index (χ2v) is 8.07. The number of hydrogen-bond donors (Lipinski definition) is 3. The van der Waals surface area contributed by atoms with Crippen LogP contribution in [0.3, 0.4) is 0 Å². The third kappa shape index (κ3) is 8.68. The Kier molecular flexibility index (Phi) is 10.1. The van der Waals surface area contributed by atoms with Gasteiger partial charge in [-0.15, -0.1) is 0 Å². The summed E-state index contributed by atoms with van der Waals surface area (Å²) in [6, 6.07) is 18.0. The van der Waals surface area contributed by atoms with E-state index in [4.69, 9.17) is 32.7 Å². The Morgan fingerprint density at radius 2 is 1.65 bits per heavy atom. The van der Waals surface area contributed by atoms with Crippen molar-refractivity contribution < 1.29 is 23.9 Å². The molecule has 9 nitrogen and oxygen atoms in total. The van der Waals surface area contributed by atoms with Crippen LogP contribution in [0.25, 0.3) is 0 Å². The van der Waals surface area contributed by atoms with Crippen LogP contribution in [0.15, 0.2) is 84.5 Å². The Balaban J connectivity index is 1.46. The number of benzene rings is 3. The Hall–Kier alpha value is -4.34. The highest BCUT2D eigenvalue weighted by Crippen LogP contribution is 2.29. The van der Waals surface area contributed by atoms with E-state index in [2.05, 4.69) is 27.7 Å². The number of nitrogens with one attached hydrogen (secondary N) is 3. The lowest BCUT2D eigenvalue weighted by molar-refractivity contribution is -0.136. The molecule has 0 saturated carbocycles. The van der Waals surface area contributed by atoms with Crippen LogP contribution in [0.4, 0.5) is 11.4 Å². The molecular weight excluding hydrogens is 519 g/mol. The van der Waals surface area contributed by atoms with Crippen molar-refractivity contribution in [2.24, 2.45) is 5.10 Å². The second-order valence-electron chi connectivity index (χ2n) is 7.29. The first-order chi connectivity index (χ1) is 17.9. The molecule has 3 amide bonds. The number of hydrogen-bond acceptors (Lipinski definition) is 6. The topological polar surface area (TPSA) is 118 Å². The van der Waals surface area contributed by atoms with Gasteiger partial charge in [0.25, 0.3) is 5.91 Å². The Morgan fingerprint density at radius 3 is 2.41 bits per heavy atom. The van der Waals surface area contributed by atoms with Gasteiger partial charge in [-0.3, -0.25) is 14.4 Å². The zero-order valence-electron chi connectivity index (χ0n) is 19.4. The first kappa shape index (κ1) is 27.3. The van der Waals surface area contributed by atoms with Crippen molar-refractivity contribution in [3.8, 4) is 11.5 Å². The summed E-state index contributed by atoms with van der Waals surface area (Å²) in [5.74, 6) is -1.28. The van der Waals surface area contributed by atoms with Crippen molar-refractivity contribution in [3.63, 3.8) is 0 Å². The fraction of sp³-hybridized carbons (Fsp3) is 0.0769. The Bertz CT molecular complexity index is 1310. The number of hydrazone groups is 1. The maximum Gasteiger partial charge on any atom is 0.329 e. The van der Waals surface area contributed by atoms with Crippen molar-refractivity contribution in [3.05, 3.63) is 95.0 Å². The number of halogens is 2. The van der Waals surface area contributed by atoms with E-state index in [1.165, 1.54) is 6.21 Å². The van der Waals surface area contributed by atoms with Crippen LogP contribution >= 0.6 is 23.2 Å². The van der Waals surface area contributed by atoms with Crippen LogP contribution in [0.2, 0.25) is 10.0 Å². The van der Waals surface area contributed by atoms with Gasteiger partial charge in [0.2, 0.25) is 0 Å². The summed E-state index contributed by atoms with van der Waals surface area (Å²) in [6.07, 6.45) is 2.94. The standard InChI is InChI=1S/C26H22Cl2N4O5/c1-2-13-36-19-11-9-18(10-12-19)30-25(34)26(35)32-29-15-17-5-3-6-20(14-17)37-16-23(33)31-22-8-4-7-21(27)24(22)28/h2-12,14-15H,1,13,16H2,(H,30,34)(H,31,33)(H,32,35)/b29-15-. The zero-order chi connectivity index (χ0) is 26.6. The molecule has 0 aliphatic heterocycles. The molecule has 0 saturated heterocycles. The van der Waals surface area contributed by atoms with Gasteiger partial charge in [-0.25, -0.2) is 5.43 Å². The molecule has 3 N–H and O–H groups in total. The predicted octanol–water partition coefficient (Wildman–Crippen LogP) is 4.66. The van der Waals surface area contributed by atoms with Gasteiger partial charge in [0.05, 0.1) is 21.9 Å². The number of carbonyl (C=O) groups is 3. The van der Waals surface area contributed by atoms with Crippen molar-refractivity contribution in [2.45, 2.75) is 0 Å². The quantitative estimate of drug-likeness (QED) is 0.149. The van der Waals surface area contributed by atoms with Crippen molar-refractivity contribution in [2.75, 3.05) is 23.8 Å². The number of ether oxygens (including phenoxy) is 2. The van der Waals surface area contributed by atoms with Gasteiger partial charge in [0, 0.05) is 5.69 Å². The van der Waals surface area contributed by atoms with E-state index in [1.807, 2.05) is 0 Å². The number of anilines is 2. The van der Waals surface area contributed by atoms with Gasteiger partial charge in [-0.1, -0.05) is 54.1 Å². The van der Waals surface area contributed by atoms with Gasteiger partial charge in [0.15, 0.2) is 6.61 Å². The monoisotopic (exact) mass is 540 g/mol. The van der Waals surface area contributed by atoms with E-state index < -0.39 is 17.7 Å². The fourth-order valence-electron chi connectivity index (χ4n) is 2.81. The second kappa shape index (κ2) is 13.7. The summed E-state index contributed by atoms with van der Waals surface area (Å²) < 4.78 is 10.9. The summed E-state index contributed by atoms with van der Waals surface area (Å²) in [4.78, 5) is 36.3. The number of carbonyl (C=O) groups excluding carboxylic acids is 3. The first-order valence-corrected chi connectivity index (χ1v) is 11.6. The van der Waals surface area contributed by atoms with Crippen LogP contribution in [0, 0.1) is 0 Å². The molecule has 0 heterocycles. The maximum atomic E-state index is 12.2. The van der Waals surface area contributed by atoms with E-state index >= 15 is 0 Å². The summed E-state index contributed by atoms with van der Waals surface area (Å²) in [7, 11) is 0. The Labute approximate surface area is 223 Å². The highest BCUT2D eigenvalue weighted by atomic mass is 35.5. The van der Waals surface area contributed by atoms with Gasteiger partial charge in [0.1, 0.15) is 18.1 Å². The highest BCUT2D eigenvalue weighted by molar-refractivity contribution is 6.44. The third-order valence-corrected chi connectivity index (χ3v) is 5.34. The van der Waals surface area contributed by atoms with E-state index in [1.54, 1.807) is 72.8 Å². The molecule has 0 unspecified atom stereocenters. The molecule has 11 heteroatoms. The average molecular weight is 541 g/mol. The minimum Gasteiger partial charge on any atom is -0.490 e. The maximum absolute atomic E-state index is 12.2. The van der Waals surface area contributed by atoms with Crippen LogP contribution < -0.4 is 25.5 Å². The molecule has 0 radical (unpaired) electrons. The minimum atomic E-state index is -0.952. The van der Waals surface area contributed by atoms with E-state index in [9.17, 15) is 14.4 Å². The highest BCUT2D eigenvalue weighted by Gasteiger charge is 2.13. The number of rotatable bonds is 10. The van der Waals surface area contributed by atoms with Crippen molar-refractivity contribution >= 4 is 58.5 Å². The molecule has 0 aliphatic rings. The normalized spacial score (nSPS) is 10.4. The summed E-state index contributed by atoms with van der Waals surface area (Å²) in [5.41, 5.74) is 3.50. The molecule has 190 valence electrons. The fourth-order valence-corrected chi connectivity index (χ4v) is 3.16. The minimum absolute atomic E-state index is 0.234. The van der Waals surface area contributed by atoms with Crippen LogP contribution in [-0.2, 0) is 14.4 Å². The van der Waals surface area contributed by atoms with Gasteiger partial charge in [-0.2, -0.15) is 5.10 Å². The predicted molar refractivity (Wildman–Crippen MR) is 144 cm³/mol. The summed E-state index contributed by atoms with van der Waals surface area (Å²) >= 11 is 12.0. The molecule has 0 aromatic heterocycles. The Morgan fingerprint density at radius 1 is 0.892 bits per heavy atom. The van der Waals surface area contributed by atoms with E-state index in [0.717, 1.165) is 0 Å². The molecular formula is C26H22Cl2N4O5. The van der Waals surface area contributed by atoms with E-state index in [-0.39, 0.29) is 11.6 Å². The third-order valence-electron chi connectivity index (χ3n) is 4.52. The lowest BCUT2D eigenvalue weighted by atomic mass is 10.2. The van der Waals surface area contributed by atoms with Gasteiger partial charge < -0.3 is 20.1 Å².